The van der Waals surface area contributed by atoms with Crippen LogP contribution < -0.4 is 15.5 Å². The summed E-state index contributed by atoms with van der Waals surface area (Å²) in [5.41, 5.74) is 2.22. The van der Waals surface area contributed by atoms with Crippen molar-refractivity contribution in [3.63, 3.8) is 0 Å². The molecule has 4 aromatic rings. The van der Waals surface area contributed by atoms with Gasteiger partial charge in [-0.25, -0.2) is 0 Å². The Labute approximate surface area is 235 Å². The number of hydrogen-bond donors (Lipinski definition) is 2. The van der Waals surface area contributed by atoms with E-state index in [1.54, 1.807) is 62.5 Å². The molecule has 0 spiro atoms. The van der Waals surface area contributed by atoms with Crippen molar-refractivity contribution in [2.75, 3.05) is 10.2 Å². The van der Waals surface area contributed by atoms with Gasteiger partial charge in [0, 0.05) is 23.9 Å². The lowest BCUT2D eigenvalue weighted by atomic mass is 10.0. The van der Waals surface area contributed by atoms with E-state index in [2.05, 4.69) is 15.6 Å². The van der Waals surface area contributed by atoms with Gasteiger partial charge in [0.1, 0.15) is 17.6 Å². The molecular formula is C28H24ClN5O4S. The molecule has 5 rings (SSSR count). The van der Waals surface area contributed by atoms with Crippen molar-refractivity contribution in [1.29, 1.82) is 0 Å². The Hall–Kier alpha value is -4.28. The van der Waals surface area contributed by atoms with Gasteiger partial charge in [0.15, 0.2) is 5.11 Å². The van der Waals surface area contributed by atoms with Crippen molar-refractivity contribution < 1.29 is 14.1 Å². The highest BCUT2D eigenvalue weighted by atomic mass is 35.5. The molecule has 1 amide bonds. The summed E-state index contributed by atoms with van der Waals surface area (Å²) in [6.07, 6.45) is 1.70. The van der Waals surface area contributed by atoms with Crippen LogP contribution in [-0.4, -0.2) is 20.9 Å². The van der Waals surface area contributed by atoms with Crippen LogP contribution >= 0.6 is 23.8 Å². The van der Waals surface area contributed by atoms with E-state index >= 15 is 0 Å². The minimum absolute atomic E-state index is 0.0533. The fourth-order valence-electron chi connectivity index (χ4n) is 4.45. The molecule has 39 heavy (non-hydrogen) atoms. The Kier molecular flexibility index (Phi) is 7.32. The monoisotopic (exact) mass is 561 g/mol. The fraction of sp³-hybridized carbons (Fsp3) is 0.179. The zero-order chi connectivity index (χ0) is 27.7. The van der Waals surface area contributed by atoms with Gasteiger partial charge in [-0.15, -0.1) is 0 Å². The standard InChI is InChI=1S/C28H24ClN5O4S/c1-16(2)27(35)31-20-11-10-17(15-19(20)29)33-26(25(32-28(33)39)21-8-5-6-14-30-21)24-13-12-23(38-24)18-7-3-4-9-22(18)34(36)37/h3-16,25-26H,1-2H3,(H,31,35)(H,32,39)/t25-,26-/m0/s1. The number of furan rings is 1. The summed E-state index contributed by atoms with van der Waals surface area (Å²) in [6.45, 7) is 3.60. The Balaban J connectivity index is 1.57. The number of benzene rings is 2. The number of para-hydroxylation sites is 1. The van der Waals surface area contributed by atoms with Gasteiger partial charge in [0.2, 0.25) is 5.91 Å². The summed E-state index contributed by atoms with van der Waals surface area (Å²) in [4.78, 5) is 29.8. The number of halogens is 1. The van der Waals surface area contributed by atoms with Crippen LogP contribution in [0.5, 0.6) is 0 Å². The second-order valence-electron chi connectivity index (χ2n) is 9.28. The van der Waals surface area contributed by atoms with E-state index in [-0.39, 0.29) is 23.6 Å². The lowest BCUT2D eigenvalue weighted by molar-refractivity contribution is -0.384. The van der Waals surface area contributed by atoms with Gasteiger partial charge >= 0.3 is 0 Å². The zero-order valence-corrected chi connectivity index (χ0v) is 22.6. The first kappa shape index (κ1) is 26.3. The summed E-state index contributed by atoms with van der Waals surface area (Å²) in [5.74, 6) is 0.543. The minimum Gasteiger partial charge on any atom is -0.459 e. The van der Waals surface area contributed by atoms with E-state index in [4.69, 9.17) is 28.2 Å². The highest BCUT2D eigenvalue weighted by Crippen LogP contribution is 2.44. The molecule has 0 unspecified atom stereocenters. The molecule has 1 aliphatic heterocycles. The predicted molar refractivity (Wildman–Crippen MR) is 154 cm³/mol. The molecule has 9 nitrogen and oxygen atoms in total. The van der Waals surface area contributed by atoms with Gasteiger partial charge in [0.25, 0.3) is 5.69 Å². The van der Waals surface area contributed by atoms with Crippen LogP contribution in [0.2, 0.25) is 5.02 Å². The number of amides is 1. The third-order valence-corrected chi connectivity index (χ3v) is 7.02. The molecule has 1 fully saturated rings. The van der Waals surface area contributed by atoms with Crippen molar-refractivity contribution in [2.45, 2.75) is 25.9 Å². The van der Waals surface area contributed by atoms with Crippen molar-refractivity contribution in [2.24, 2.45) is 5.92 Å². The molecule has 2 N–H and O–H groups in total. The van der Waals surface area contributed by atoms with E-state index in [1.165, 1.54) is 6.07 Å². The second-order valence-corrected chi connectivity index (χ2v) is 10.1. The number of pyridine rings is 1. The number of thiocarbonyl (C=S) groups is 1. The number of aromatic nitrogens is 1. The number of rotatable bonds is 7. The van der Waals surface area contributed by atoms with Gasteiger partial charge in [-0.2, -0.15) is 0 Å². The Morgan fingerprint density at radius 3 is 2.62 bits per heavy atom. The number of nitrogens with zero attached hydrogens (tertiary/aromatic N) is 3. The molecule has 11 heteroatoms. The Morgan fingerprint density at radius 1 is 1.15 bits per heavy atom. The van der Waals surface area contributed by atoms with Crippen molar-refractivity contribution >= 4 is 51.9 Å². The topological polar surface area (TPSA) is 114 Å². The molecule has 0 saturated carbocycles. The lowest BCUT2D eigenvalue weighted by Crippen LogP contribution is -2.29. The van der Waals surface area contributed by atoms with Crippen molar-refractivity contribution in [3.05, 3.63) is 106 Å². The second kappa shape index (κ2) is 10.8. The molecule has 2 aromatic heterocycles. The average Bonchev–Trinajstić information content (AvgIpc) is 3.54. The highest BCUT2D eigenvalue weighted by Gasteiger charge is 2.43. The summed E-state index contributed by atoms with van der Waals surface area (Å²) >= 11 is 12.3. The van der Waals surface area contributed by atoms with E-state index < -0.39 is 11.0 Å². The number of carbonyl (C=O) groups is 1. The third-order valence-electron chi connectivity index (χ3n) is 6.40. The lowest BCUT2D eigenvalue weighted by Gasteiger charge is -2.26. The summed E-state index contributed by atoms with van der Waals surface area (Å²) in [5, 5.41) is 18.6. The largest absolute Gasteiger partial charge is 0.459 e. The van der Waals surface area contributed by atoms with Gasteiger partial charge in [0.05, 0.1) is 32.9 Å². The molecule has 0 radical (unpaired) electrons. The first-order chi connectivity index (χ1) is 18.7. The van der Waals surface area contributed by atoms with E-state index in [0.717, 1.165) is 5.69 Å². The van der Waals surface area contributed by atoms with Gasteiger partial charge in [-0.1, -0.05) is 43.6 Å². The minimum atomic E-state index is -0.490. The molecule has 2 aromatic carbocycles. The highest BCUT2D eigenvalue weighted by molar-refractivity contribution is 7.80. The molecule has 0 aliphatic carbocycles. The molecule has 0 bridgehead atoms. The number of nitrogens with one attached hydrogen (secondary N) is 2. The maximum Gasteiger partial charge on any atom is 0.280 e. The number of hydrogen-bond acceptors (Lipinski definition) is 6. The molecule has 198 valence electrons. The number of nitro groups is 1. The predicted octanol–water partition coefficient (Wildman–Crippen LogP) is 6.67. The van der Waals surface area contributed by atoms with Crippen LogP contribution in [0.25, 0.3) is 11.3 Å². The molecule has 1 saturated heterocycles. The summed E-state index contributed by atoms with van der Waals surface area (Å²) < 4.78 is 6.27. The van der Waals surface area contributed by atoms with Gasteiger partial charge in [-0.3, -0.25) is 19.9 Å². The van der Waals surface area contributed by atoms with Gasteiger partial charge in [-0.05, 0) is 60.7 Å². The summed E-state index contributed by atoms with van der Waals surface area (Å²) in [6, 6.07) is 19.9. The SMILES string of the molecule is CC(C)C(=O)Nc1ccc(N2C(=S)N[C@@H](c3ccccn3)[C@@H]2c2ccc(-c3ccccc3[N+](=O)[O-])o2)cc1Cl. The third kappa shape index (κ3) is 5.21. The first-order valence-electron chi connectivity index (χ1n) is 12.2. The quantitative estimate of drug-likeness (QED) is 0.146. The number of carbonyl (C=O) groups excluding carboxylic acids is 1. The van der Waals surface area contributed by atoms with Crippen molar-refractivity contribution in [3.8, 4) is 11.3 Å². The zero-order valence-electron chi connectivity index (χ0n) is 21.0. The molecular weight excluding hydrogens is 538 g/mol. The summed E-state index contributed by atoms with van der Waals surface area (Å²) in [7, 11) is 0. The Morgan fingerprint density at radius 2 is 1.92 bits per heavy atom. The maximum absolute atomic E-state index is 12.2. The van der Waals surface area contributed by atoms with Crippen LogP contribution in [0, 0.1) is 16.0 Å². The number of anilines is 2. The normalized spacial score (nSPS) is 16.8. The van der Waals surface area contributed by atoms with Crippen molar-refractivity contribution in [1.82, 2.24) is 10.3 Å². The average molecular weight is 562 g/mol. The Bertz CT molecular complexity index is 1560. The van der Waals surface area contributed by atoms with E-state index in [0.29, 0.717) is 38.6 Å². The smallest absolute Gasteiger partial charge is 0.280 e. The van der Waals surface area contributed by atoms with E-state index in [9.17, 15) is 14.9 Å². The van der Waals surface area contributed by atoms with Crippen LogP contribution in [0.15, 0.2) is 83.4 Å². The van der Waals surface area contributed by atoms with Crippen LogP contribution in [-0.2, 0) is 4.79 Å². The molecule has 3 heterocycles. The van der Waals surface area contributed by atoms with E-state index in [1.807, 2.05) is 29.2 Å². The molecule has 2 atom stereocenters. The van der Waals surface area contributed by atoms with Crippen LogP contribution in [0.3, 0.4) is 0 Å². The van der Waals surface area contributed by atoms with Crippen LogP contribution in [0.1, 0.15) is 37.4 Å². The maximum atomic E-state index is 12.2. The van der Waals surface area contributed by atoms with Gasteiger partial charge < -0.3 is 20.0 Å². The number of nitro benzene ring substituents is 1. The van der Waals surface area contributed by atoms with Crippen LogP contribution in [0.4, 0.5) is 17.1 Å². The first-order valence-corrected chi connectivity index (χ1v) is 13.0. The fourth-order valence-corrected chi connectivity index (χ4v) is 5.02. The molecule has 1 aliphatic rings.